The van der Waals surface area contributed by atoms with Crippen molar-refractivity contribution in [3.63, 3.8) is 0 Å². The number of carboxylic acid groups (broad SMARTS) is 1. The van der Waals surface area contributed by atoms with Crippen molar-refractivity contribution in [3.05, 3.63) is 34.3 Å². The first-order valence-electron chi connectivity index (χ1n) is 8.02. The highest BCUT2D eigenvalue weighted by molar-refractivity contribution is 6.32. The van der Waals surface area contributed by atoms with Crippen molar-refractivity contribution in [2.75, 3.05) is 13.2 Å². The van der Waals surface area contributed by atoms with Crippen LogP contribution in [0.3, 0.4) is 0 Å². The molecule has 0 spiro atoms. The third-order valence-corrected chi connectivity index (χ3v) is 4.32. The Morgan fingerprint density at radius 1 is 1.26 bits per heavy atom. The summed E-state index contributed by atoms with van der Waals surface area (Å²) in [6.45, 7) is 3.72. The summed E-state index contributed by atoms with van der Waals surface area (Å²) in [5.74, 6) is -1.77. The van der Waals surface area contributed by atoms with E-state index in [9.17, 15) is 33.0 Å². The van der Waals surface area contributed by atoms with Gasteiger partial charge in [0.1, 0.15) is 0 Å². The van der Waals surface area contributed by atoms with E-state index in [0.717, 1.165) is 11.0 Å². The number of hydrogen-bond donors (Lipinski definition) is 3. The molecule has 1 unspecified atom stereocenters. The van der Waals surface area contributed by atoms with Crippen LogP contribution in [0.1, 0.15) is 31.9 Å². The third-order valence-electron chi connectivity index (χ3n) is 3.87. The molecule has 0 heterocycles. The van der Waals surface area contributed by atoms with Gasteiger partial charge in [0.25, 0.3) is 0 Å². The van der Waals surface area contributed by atoms with E-state index in [1.54, 1.807) is 20.8 Å². The third kappa shape index (κ3) is 6.28. The number of amides is 2. The van der Waals surface area contributed by atoms with E-state index >= 15 is 0 Å². The molecule has 1 atom stereocenters. The molecule has 0 aliphatic rings. The fourth-order valence-corrected chi connectivity index (χ4v) is 2.64. The molecule has 10 heteroatoms. The maximum atomic E-state index is 12.9. The van der Waals surface area contributed by atoms with Gasteiger partial charge in [-0.25, -0.2) is 4.79 Å². The molecule has 152 valence electrons. The highest BCUT2D eigenvalue weighted by atomic mass is 35.5. The number of rotatable bonds is 6. The van der Waals surface area contributed by atoms with Gasteiger partial charge in [0, 0.05) is 18.6 Å². The largest absolute Gasteiger partial charge is 0.465 e. The van der Waals surface area contributed by atoms with Crippen molar-refractivity contribution < 1.29 is 33.0 Å². The van der Waals surface area contributed by atoms with Crippen molar-refractivity contribution in [1.82, 2.24) is 10.2 Å². The van der Waals surface area contributed by atoms with E-state index in [2.05, 4.69) is 5.32 Å². The summed E-state index contributed by atoms with van der Waals surface area (Å²) in [5, 5.41) is 20.6. The SMILES string of the molecule is CC(C)(C)N(CC(CO)C(=O)NCc1cccc(C(F)(F)F)c1Cl)C(=O)O. The van der Waals surface area contributed by atoms with Crippen LogP contribution in [0.5, 0.6) is 0 Å². The van der Waals surface area contributed by atoms with E-state index in [0.29, 0.717) is 0 Å². The molecule has 1 aromatic carbocycles. The topological polar surface area (TPSA) is 89.9 Å². The lowest BCUT2D eigenvalue weighted by molar-refractivity contribution is -0.137. The number of carbonyl (C=O) groups excluding carboxylic acids is 1. The monoisotopic (exact) mass is 410 g/mol. The van der Waals surface area contributed by atoms with Gasteiger partial charge in [0.15, 0.2) is 0 Å². The molecule has 0 aliphatic carbocycles. The fraction of sp³-hybridized carbons (Fsp3) is 0.529. The molecule has 0 fully saturated rings. The second-order valence-corrected chi connectivity index (χ2v) is 7.32. The molecule has 0 radical (unpaired) electrons. The Balaban J connectivity index is 2.88. The first-order valence-corrected chi connectivity index (χ1v) is 8.40. The quantitative estimate of drug-likeness (QED) is 0.670. The van der Waals surface area contributed by atoms with Gasteiger partial charge in [0.05, 0.1) is 23.1 Å². The van der Waals surface area contributed by atoms with Gasteiger partial charge in [-0.2, -0.15) is 13.2 Å². The lowest BCUT2D eigenvalue weighted by Gasteiger charge is -2.35. The Hall–Kier alpha value is -2.00. The Morgan fingerprint density at radius 3 is 2.30 bits per heavy atom. The number of nitrogens with zero attached hydrogens (tertiary/aromatic N) is 1. The van der Waals surface area contributed by atoms with Crippen LogP contribution in [-0.2, 0) is 17.5 Å². The fourth-order valence-electron chi connectivity index (χ4n) is 2.34. The summed E-state index contributed by atoms with van der Waals surface area (Å²) in [4.78, 5) is 24.6. The zero-order chi connectivity index (χ0) is 21.0. The molecule has 0 saturated carbocycles. The number of aliphatic hydroxyl groups is 1. The van der Waals surface area contributed by atoms with Crippen molar-refractivity contribution >= 4 is 23.6 Å². The molecule has 0 bridgehead atoms. The number of hydrogen-bond acceptors (Lipinski definition) is 3. The normalized spacial score (nSPS) is 13.2. The molecule has 0 aromatic heterocycles. The van der Waals surface area contributed by atoms with Gasteiger partial charge in [-0.3, -0.25) is 4.79 Å². The lowest BCUT2D eigenvalue weighted by atomic mass is 10.0. The van der Waals surface area contributed by atoms with Gasteiger partial charge in [-0.1, -0.05) is 23.7 Å². The van der Waals surface area contributed by atoms with Crippen LogP contribution in [-0.4, -0.2) is 45.8 Å². The maximum Gasteiger partial charge on any atom is 0.417 e. The average molecular weight is 411 g/mol. The van der Waals surface area contributed by atoms with Crippen LogP contribution in [0.25, 0.3) is 0 Å². The van der Waals surface area contributed by atoms with Gasteiger partial charge in [0.2, 0.25) is 5.91 Å². The van der Waals surface area contributed by atoms with E-state index in [1.165, 1.54) is 12.1 Å². The molecule has 2 amide bonds. The van der Waals surface area contributed by atoms with Gasteiger partial charge < -0.3 is 20.4 Å². The van der Waals surface area contributed by atoms with Crippen LogP contribution in [0.15, 0.2) is 18.2 Å². The molecule has 0 aliphatic heterocycles. The van der Waals surface area contributed by atoms with Crippen molar-refractivity contribution in [3.8, 4) is 0 Å². The summed E-state index contributed by atoms with van der Waals surface area (Å²) in [5.41, 5.74) is -1.76. The van der Waals surface area contributed by atoms with E-state index < -0.39 is 46.8 Å². The molecular formula is C17H22ClF3N2O4. The maximum absolute atomic E-state index is 12.9. The number of aliphatic hydroxyl groups excluding tert-OH is 1. The number of carbonyl (C=O) groups is 2. The van der Waals surface area contributed by atoms with Gasteiger partial charge in [-0.15, -0.1) is 0 Å². The standard InChI is InChI=1S/C17H22ClF3N2O4/c1-16(2,3)23(15(26)27)8-11(9-24)14(25)22-7-10-5-4-6-12(13(10)18)17(19,20)21/h4-6,11,24H,7-9H2,1-3H3,(H,22,25)(H,26,27). The predicted molar refractivity (Wildman–Crippen MR) is 93.4 cm³/mol. The minimum atomic E-state index is -4.63. The van der Waals surface area contributed by atoms with Crippen LogP contribution in [0, 0.1) is 5.92 Å². The molecule has 3 N–H and O–H groups in total. The zero-order valence-electron chi connectivity index (χ0n) is 15.1. The summed E-state index contributed by atoms with van der Waals surface area (Å²) in [6, 6.07) is 3.34. The minimum Gasteiger partial charge on any atom is -0.465 e. The Morgan fingerprint density at radius 2 is 1.85 bits per heavy atom. The molecular weight excluding hydrogens is 389 g/mol. The highest BCUT2D eigenvalue weighted by Gasteiger charge is 2.34. The first-order chi connectivity index (χ1) is 12.3. The lowest BCUT2D eigenvalue weighted by Crippen LogP contribution is -2.50. The van der Waals surface area contributed by atoms with Crippen LogP contribution < -0.4 is 5.32 Å². The van der Waals surface area contributed by atoms with E-state index in [-0.39, 0.29) is 18.7 Å². The Bertz CT molecular complexity index is 690. The number of benzene rings is 1. The van der Waals surface area contributed by atoms with Gasteiger partial charge in [-0.05, 0) is 32.4 Å². The summed E-state index contributed by atoms with van der Waals surface area (Å²) >= 11 is 5.77. The van der Waals surface area contributed by atoms with Crippen molar-refractivity contribution in [1.29, 1.82) is 0 Å². The zero-order valence-corrected chi connectivity index (χ0v) is 15.9. The average Bonchev–Trinajstić information content (AvgIpc) is 2.51. The van der Waals surface area contributed by atoms with Crippen molar-refractivity contribution in [2.24, 2.45) is 5.92 Å². The molecule has 6 nitrogen and oxygen atoms in total. The molecule has 1 aromatic rings. The smallest absolute Gasteiger partial charge is 0.417 e. The Labute approximate surface area is 159 Å². The number of halogens is 4. The second-order valence-electron chi connectivity index (χ2n) is 6.94. The summed E-state index contributed by atoms with van der Waals surface area (Å²) < 4.78 is 38.6. The summed E-state index contributed by atoms with van der Waals surface area (Å²) in [7, 11) is 0. The highest BCUT2D eigenvalue weighted by Crippen LogP contribution is 2.36. The number of alkyl halides is 3. The molecule has 0 saturated heterocycles. The Kier molecular flexibility index (Phi) is 7.50. The van der Waals surface area contributed by atoms with Crippen molar-refractivity contribution in [2.45, 2.75) is 39.0 Å². The minimum absolute atomic E-state index is 0.0578. The first kappa shape index (κ1) is 23.0. The van der Waals surface area contributed by atoms with Crippen LogP contribution >= 0.6 is 11.6 Å². The van der Waals surface area contributed by atoms with E-state index in [4.69, 9.17) is 11.6 Å². The van der Waals surface area contributed by atoms with Crippen LogP contribution in [0.4, 0.5) is 18.0 Å². The summed E-state index contributed by atoms with van der Waals surface area (Å²) in [6.07, 6.45) is -5.88. The van der Waals surface area contributed by atoms with Crippen LogP contribution in [0.2, 0.25) is 5.02 Å². The number of nitrogens with one attached hydrogen (secondary N) is 1. The molecule has 1 rings (SSSR count). The van der Waals surface area contributed by atoms with Gasteiger partial charge >= 0.3 is 12.3 Å². The predicted octanol–water partition coefficient (Wildman–Crippen LogP) is 3.36. The van der Waals surface area contributed by atoms with E-state index in [1.807, 2.05) is 0 Å². The second kappa shape index (κ2) is 8.79. The molecule has 27 heavy (non-hydrogen) atoms.